The molecule has 5 amide bonds. The minimum atomic E-state index is -1.18. The number of carbonyl (C=O) groups is 6. The maximum Gasteiger partial charge on any atom is 0.326 e. The molecule has 2 aromatic rings. The predicted octanol–water partition coefficient (Wildman–Crippen LogP) is 2.08. The average Bonchev–Trinajstić information content (AvgIpc) is 3.05. The molecule has 0 aliphatic carbocycles. The Bertz CT molecular complexity index is 1450. The molecule has 0 radical (unpaired) electrons. The van der Waals surface area contributed by atoms with E-state index in [1.165, 1.54) is 6.92 Å². The number of carbonyl (C=O) groups excluding carboxylic acids is 5. The van der Waals surface area contributed by atoms with Crippen LogP contribution in [0.15, 0.2) is 60.7 Å². The fraction of sp³-hybridized carbons (Fsp3) is 0.526. The van der Waals surface area contributed by atoms with Crippen molar-refractivity contribution in [1.82, 2.24) is 26.6 Å². The molecule has 0 saturated heterocycles. The van der Waals surface area contributed by atoms with Crippen molar-refractivity contribution in [3.63, 3.8) is 0 Å². The molecule has 2 rings (SSSR count). The minimum Gasteiger partial charge on any atom is -0.480 e. The lowest BCUT2D eigenvalue weighted by Crippen LogP contribution is -2.59. The molecule has 0 aliphatic heterocycles. The summed E-state index contributed by atoms with van der Waals surface area (Å²) in [6.45, 7) is 12.1. The predicted molar refractivity (Wildman–Crippen MR) is 195 cm³/mol. The molecule has 8 N–H and O–H groups in total. The van der Waals surface area contributed by atoms with E-state index in [2.05, 4.69) is 26.6 Å². The number of aliphatic carboxylic acids is 1. The largest absolute Gasteiger partial charge is 0.480 e. The van der Waals surface area contributed by atoms with Gasteiger partial charge in [0.15, 0.2) is 0 Å². The number of amides is 5. The summed E-state index contributed by atoms with van der Waals surface area (Å²) in [5.41, 5.74) is 8.23. The van der Waals surface area contributed by atoms with E-state index in [0.29, 0.717) is 0 Å². The molecule has 0 unspecified atom stereocenters. The highest BCUT2D eigenvalue weighted by atomic mass is 16.4. The third-order valence-electron chi connectivity index (χ3n) is 8.34. The first-order chi connectivity index (χ1) is 24.0. The van der Waals surface area contributed by atoms with E-state index in [1.54, 1.807) is 27.7 Å². The smallest absolute Gasteiger partial charge is 0.326 e. The number of rotatable bonds is 20. The van der Waals surface area contributed by atoms with Gasteiger partial charge in [-0.25, -0.2) is 4.79 Å². The van der Waals surface area contributed by atoms with Gasteiger partial charge in [0.2, 0.25) is 29.5 Å². The van der Waals surface area contributed by atoms with Crippen LogP contribution in [0, 0.1) is 17.8 Å². The summed E-state index contributed by atoms with van der Waals surface area (Å²) < 4.78 is 0. The summed E-state index contributed by atoms with van der Waals surface area (Å²) in [7, 11) is 0. The van der Waals surface area contributed by atoms with Gasteiger partial charge in [0.1, 0.15) is 24.2 Å². The van der Waals surface area contributed by atoms with E-state index in [9.17, 15) is 33.9 Å². The van der Waals surface area contributed by atoms with Crippen molar-refractivity contribution in [1.29, 1.82) is 0 Å². The van der Waals surface area contributed by atoms with Gasteiger partial charge in [0.25, 0.3) is 0 Å². The van der Waals surface area contributed by atoms with Gasteiger partial charge >= 0.3 is 5.97 Å². The zero-order chi connectivity index (χ0) is 38.2. The van der Waals surface area contributed by atoms with Gasteiger partial charge in [-0.3, -0.25) is 24.0 Å². The molecular weight excluding hydrogens is 652 g/mol. The first kappa shape index (κ1) is 42.4. The van der Waals surface area contributed by atoms with Crippen LogP contribution in [0.25, 0.3) is 0 Å². The Hall–Kier alpha value is -4.78. The summed E-state index contributed by atoms with van der Waals surface area (Å²) in [4.78, 5) is 77.5. The fourth-order valence-electron chi connectivity index (χ4n) is 5.44. The van der Waals surface area contributed by atoms with Crippen LogP contribution in [0.2, 0.25) is 0 Å². The van der Waals surface area contributed by atoms with Crippen molar-refractivity contribution in [2.45, 2.75) is 110 Å². The van der Waals surface area contributed by atoms with Crippen LogP contribution in [0.1, 0.15) is 72.4 Å². The van der Waals surface area contributed by atoms with E-state index in [0.717, 1.165) is 11.1 Å². The van der Waals surface area contributed by atoms with E-state index in [1.807, 2.05) is 74.5 Å². The molecular formula is C38H56N6O7. The maximum atomic E-state index is 13.9. The zero-order valence-electron chi connectivity index (χ0n) is 30.8. The number of hydrogen-bond acceptors (Lipinski definition) is 7. The Labute approximate surface area is 301 Å². The van der Waals surface area contributed by atoms with E-state index >= 15 is 0 Å². The molecule has 0 aromatic heterocycles. The second-order valence-corrected chi connectivity index (χ2v) is 14.2. The second kappa shape index (κ2) is 20.8. The SMILES string of the molecule is CC(C)CC(=O)N[C@@H](Cc1ccccc1)C(=O)N[C@H](C(=O)N[C@@H](Cc1ccccc1)[C@@H](N)CC(=O)N[C@@H](C)C(=O)N[C@H](C(=O)O)C(C)C)C(C)C. The summed E-state index contributed by atoms with van der Waals surface area (Å²) in [5, 5.41) is 23.0. The average molecular weight is 709 g/mol. The fourth-order valence-corrected chi connectivity index (χ4v) is 5.44. The highest BCUT2D eigenvalue weighted by Crippen LogP contribution is 2.12. The van der Waals surface area contributed by atoms with Crippen molar-refractivity contribution in [3.8, 4) is 0 Å². The van der Waals surface area contributed by atoms with Crippen molar-refractivity contribution in [2.24, 2.45) is 23.5 Å². The standard InChI is InChI=1S/C38H56N6O7/c1-22(2)18-31(45)41-30(20-27-16-12-9-13-17-27)36(48)43-33(23(3)4)37(49)42-29(19-26-14-10-8-11-15-26)28(39)21-32(46)40-25(7)35(47)44-34(24(5)6)38(50)51/h8-17,22-25,28-30,33-34H,18-21,39H2,1-7H3,(H,40,46)(H,41,45)(H,42,49)(H,43,48)(H,44,47)(H,50,51)/t25-,28-,29-,30-,33-,34-/m0/s1. The summed E-state index contributed by atoms with van der Waals surface area (Å²) in [6.07, 6.45) is 0.474. The quantitative estimate of drug-likeness (QED) is 0.108. The normalized spacial score (nSPS) is 14.8. The van der Waals surface area contributed by atoms with Gasteiger partial charge < -0.3 is 37.4 Å². The highest BCUT2D eigenvalue weighted by Gasteiger charge is 2.33. The molecule has 0 bridgehead atoms. The number of carboxylic acids is 1. The topological polar surface area (TPSA) is 209 Å². The molecule has 280 valence electrons. The molecule has 51 heavy (non-hydrogen) atoms. The number of benzene rings is 2. The van der Waals surface area contributed by atoms with Crippen LogP contribution in [0.4, 0.5) is 0 Å². The van der Waals surface area contributed by atoms with Crippen molar-refractivity contribution in [2.75, 3.05) is 0 Å². The van der Waals surface area contributed by atoms with Crippen LogP contribution in [0.3, 0.4) is 0 Å². The van der Waals surface area contributed by atoms with Crippen LogP contribution in [-0.4, -0.2) is 76.9 Å². The van der Waals surface area contributed by atoms with Gasteiger partial charge in [0, 0.05) is 31.3 Å². The molecule has 0 saturated carbocycles. The molecule has 6 atom stereocenters. The molecule has 2 aromatic carbocycles. The number of nitrogens with one attached hydrogen (secondary N) is 5. The lowest BCUT2D eigenvalue weighted by atomic mass is 9.95. The van der Waals surface area contributed by atoms with Crippen LogP contribution in [-0.2, 0) is 41.6 Å². The maximum absolute atomic E-state index is 13.9. The number of hydrogen-bond donors (Lipinski definition) is 7. The van der Waals surface area contributed by atoms with E-state index < -0.39 is 65.8 Å². The molecule has 13 heteroatoms. The van der Waals surface area contributed by atoms with Crippen LogP contribution >= 0.6 is 0 Å². The van der Waals surface area contributed by atoms with Crippen molar-refractivity contribution >= 4 is 35.5 Å². The minimum absolute atomic E-state index is 0.0852. The van der Waals surface area contributed by atoms with Crippen LogP contribution in [0.5, 0.6) is 0 Å². The van der Waals surface area contributed by atoms with Crippen molar-refractivity contribution in [3.05, 3.63) is 71.8 Å². The molecule has 0 heterocycles. The first-order valence-corrected chi connectivity index (χ1v) is 17.5. The van der Waals surface area contributed by atoms with Crippen molar-refractivity contribution < 1.29 is 33.9 Å². The number of carboxylic acid groups (broad SMARTS) is 1. The van der Waals surface area contributed by atoms with E-state index in [-0.39, 0.29) is 49.3 Å². The number of nitrogens with two attached hydrogens (primary N) is 1. The third kappa shape index (κ3) is 14.9. The Kier molecular flexibility index (Phi) is 17.3. The van der Waals surface area contributed by atoms with E-state index in [4.69, 9.17) is 5.73 Å². The highest BCUT2D eigenvalue weighted by molar-refractivity contribution is 5.93. The lowest BCUT2D eigenvalue weighted by Gasteiger charge is -2.30. The van der Waals surface area contributed by atoms with Crippen LogP contribution < -0.4 is 32.3 Å². The summed E-state index contributed by atoms with van der Waals surface area (Å²) in [6, 6.07) is 12.8. The van der Waals surface area contributed by atoms with Gasteiger partial charge in [0.05, 0.1) is 0 Å². The molecule has 13 nitrogen and oxygen atoms in total. The molecule has 0 spiro atoms. The van der Waals surface area contributed by atoms with Gasteiger partial charge in [-0.2, -0.15) is 0 Å². The lowest BCUT2D eigenvalue weighted by molar-refractivity contribution is -0.143. The monoisotopic (exact) mass is 708 g/mol. The Morgan fingerprint density at radius 1 is 0.588 bits per heavy atom. The Morgan fingerprint density at radius 3 is 1.57 bits per heavy atom. The summed E-state index contributed by atoms with van der Waals surface area (Å²) >= 11 is 0. The first-order valence-electron chi connectivity index (χ1n) is 17.5. The Balaban J connectivity index is 2.22. The molecule has 0 fully saturated rings. The Morgan fingerprint density at radius 2 is 1.08 bits per heavy atom. The summed E-state index contributed by atoms with van der Waals surface area (Å²) in [5.74, 6) is -4.34. The second-order valence-electron chi connectivity index (χ2n) is 14.2. The zero-order valence-corrected chi connectivity index (χ0v) is 30.8. The van der Waals surface area contributed by atoms with Gasteiger partial charge in [-0.1, -0.05) is 102 Å². The van der Waals surface area contributed by atoms with Gasteiger partial charge in [-0.15, -0.1) is 0 Å². The van der Waals surface area contributed by atoms with Gasteiger partial charge in [-0.05, 0) is 42.2 Å². The third-order valence-corrected chi connectivity index (χ3v) is 8.34. The molecule has 0 aliphatic rings.